The van der Waals surface area contributed by atoms with Gasteiger partial charge in [-0.15, -0.1) is 12.4 Å². The average Bonchev–Trinajstić information content (AvgIpc) is 2.54. The van der Waals surface area contributed by atoms with Crippen molar-refractivity contribution in [2.45, 2.75) is 44.1 Å². The predicted octanol–water partition coefficient (Wildman–Crippen LogP) is 2.61. The summed E-state index contributed by atoms with van der Waals surface area (Å²) in [6.45, 7) is 1.27. The van der Waals surface area contributed by atoms with Crippen LogP contribution in [0.15, 0.2) is 24.3 Å². The maximum Gasteiger partial charge on any atom is 0.228 e. The lowest BCUT2D eigenvalue weighted by atomic mass is 9.83. The number of nitrogens with two attached hydrogens (primary N) is 1. The van der Waals surface area contributed by atoms with Gasteiger partial charge in [0, 0.05) is 11.6 Å². The first kappa shape index (κ1) is 17.1. The van der Waals surface area contributed by atoms with Crippen molar-refractivity contribution in [2.24, 2.45) is 11.7 Å². The number of fused-ring (bicyclic) bond motifs is 1. The quantitative estimate of drug-likeness (QED) is 0.898. The summed E-state index contributed by atoms with van der Waals surface area (Å²) in [5, 5.41) is 3.26. The van der Waals surface area contributed by atoms with Crippen LogP contribution in [0.2, 0.25) is 0 Å². The molecule has 1 aromatic rings. The van der Waals surface area contributed by atoms with Crippen LogP contribution in [0.4, 0.5) is 0 Å². The molecule has 4 nitrogen and oxygen atoms in total. The van der Waals surface area contributed by atoms with Crippen molar-refractivity contribution < 1.29 is 9.53 Å². The van der Waals surface area contributed by atoms with Crippen LogP contribution in [0, 0.1) is 5.92 Å². The van der Waals surface area contributed by atoms with Crippen LogP contribution in [0.3, 0.4) is 0 Å². The van der Waals surface area contributed by atoms with E-state index in [9.17, 15) is 4.79 Å². The molecule has 0 saturated heterocycles. The number of rotatable bonds is 3. The number of benzene rings is 1. The zero-order valence-corrected chi connectivity index (χ0v) is 13.6. The number of amides is 1. The lowest BCUT2D eigenvalue weighted by Gasteiger charge is -2.33. The van der Waals surface area contributed by atoms with Crippen LogP contribution in [-0.4, -0.2) is 25.1 Å². The van der Waals surface area contributed by atoms with Gasteiger partial charge in [0.1, 0.15) is 5.75 Å². The second-order valence-electron chi connectivity index (χ2n) is 6.12. The Bertz CT molecular complexity index is 509. The van der Waals surface area contributed by atoms with Crippen LogP contribution < -0.4 is 15.8 Å². The van der Waals surface area contributed by atoms with Crippen LogP contribution in [0.1, 0.15) is 43.6 Å². The maximum absolute atomic E-state index is 12.7. The standard InChI is InChI=1S/C17H24N2O2.ClH/c18-11-12-5-1-3-7-15(12)19-17(20)14-9-10-21-16-8-4-2-6-13(14)16;/h2,4,6,8,12,14-15H,1,3,5,7,9-11,18H2,(H,19,20);1H. The van der Waals surface area contributed by atoms with Gasteiger partial charge >= 0.3 is 0 Å². The summed E-state index contributed by atoms with van der Waals surface area (Å²) in [4.78, 5) is 12.7. The minimum absolute atomic E-state index is 0. The van der Waals surface area contributed by atoms with E-state index in [1.165, 1.54) is 12.8 Å². The molecular formula is C17H25ClN2O2. The number of hydrogen-bond acceptors (Lipinski definition) is 3. The van der Waals surface area contributed by atoms with Gasteiger partial charge in [-0.1, -0.05) is 31.0 Å². The molecule has 5 heteroatoms. The summed E-state index contributed by atoms with van der Waals surface area (Å²) < 4.78 is 5.64. The first-order valence-electron chi connectivity index (χ1n) is 8.01. The summed E-state index contributed by atoms with van der Waals surface area (Å²) in [7, 11) is 0. The Hall–Kier alpha value is -1.26. The summed E-state index contributed by atoms with van der Waals surface area (Å²) >= 11 is 0. The molecule has 1 amide bonds. The third-order valence-corrected chi connectivity index (χ3v) is 4.81. The molecule has 0 bridgehead atoms. The van der Waals surface area contributed by atoms with E-state index in [1.54, 1.807) is 0 Å². The Labute approximate surface area is 138 Å². The number of nitrogens with one attached hydrogen (secondary N) is 1. The molecule has 1 fully saturated rings. The summed E-state index contributed by atoms with van der Waals surface area (Å²) in [5.74, 6) is 1.33. The summed E-state index contributed by atoms with van der Waals surface area (Å²) in [5.41, 5.74) is 6.87. The van der Waals surface area contributed by atoms with Crippen LogP contribution >= 0.6 is 12.4 Å². The van der Waals surface area contributed by atoms with Crippen molar-refractivity contribution in [1.82, 2.24) is 5.32 Å². The van der Waals surface area contributed by atoms with Crippen molar-refractivity contribution >= 4 is 18.3 Å². The lowest BCUT2D eigenvalue weighted by molar-refractivity contribution is -0.124. The van der Waals surface area contributed by atoms with Gasteiger partial charge < -0.3 is 15.8 Å². The molecule has 3 unspecified atom stereocenters. The van der Waals surface area contributed by atoms with Crippen LogP contribution in [-0.2, 0) is 4.79 Å². The zero-order valence-electron chi connectivity index (χ0n) is 12.8. The molecular weight excluding hydrogens is 300 g/mol. The fourth-order valence-corrected chi connectivity index (χ4v) is 3.58. The van der Waals surface area contributed by atoms with Gasteiger partial charge in [-0.2, -0.15) is 0 Å². The molecule has 1 aromatic carbocycles. The van der Waals surface area contributed by atoms with E-state index in [4.69, 9.17) is 10.5 Å². The molecule has 3 N–H and O–H groups in total. The van der Waals surface area contributed by atoms with E-state index in [2.05, 4.69) is 5.32 Å². The minimum Gasteiger partial charge on any atom is -0.493 e. The Morgan fingerprint density at radius 3 is 2.82 bits per heavy atom. The Morgan fingerprint density at radius 2 is 2.00 bits per heavy atom. The highest BCUT2D eigenvalue weighted by atomic mass is 35.5. The van der Waals surface area contributed by atoms with Crippen molar-refractivity contribution in [1.29, 1.82) is 0 Å². The van der Waals surface area contributed by atoms with Gasteiger partial charge in [0.2, 0.25) is 5.91 Å². The van der Waals surface area contributed by atoms with Gasteiger partial charge in [0.05, 0.1) is 12.5 Å². The van der Waals surface area contributed by atoms with Crippen molar-refractivity contribution in [3.63, 3.8) is 0 Å². The normalized spacial score (nSPS) is 27.0. The van der Waals surface area contributed by atoms with Gasteiger partial charge in [0.15, 0.2) is 0 Å². The number of para-hydroxylation sites is 1. The first-order chi connectivity index (χ1) is 10.3. The molecule has 3 rings (SSSR count). The second-order valence-corrected chi connectivity index (χ2v) is 6.12. The monoisotopic (exact) mass is 324 g/mol. The smallest absolute Gasteiger partial charge is 0.228 e. The van der Waals surface area contributed by atoms with E-state index in [1.807, 2.05) is 24.3 Å². The predicted molar refractivity (Wildman–Crippen MR) is 89.5 cm³/mol. The molecule has 3 atom stereocenters. The molecule has 0 aromatic heterocycles. The number of hydrogen-bond donors (Lipinski definition) is 2. The number of carbonyl (C=O) groups excluding carboxylic acids is 1. The van der Waals surface area contributed by atoms with Gasteiger partial charge in [-0.3, -0.25) is 4.79 Å². The Morgan fingerprint density at radius 1 is 1.23 bits per heavy atom. The Balaban J connectivity index is 0.00000176. The zero-order chi connectivity index (χ0) is 14.7. The largest absolute Gasteiger partial charge is 0.493 e. The van der Waals surface area contributed by atoms with Crippen LogP contribution in [0.5, 0.6) is 5.75 Å². The van der Waals surface area contributed by atoms with E-state index in [0.29, 0.717) is 19.1 Å². The molecule has 22 heavy (non-hydrogen) atoms. The molecule has 2 aliphatic rings. The number of carbonyl (C=O) groups is 1. The van der Waals surface area contributed by atoms with Gasteiger partial charge in [-0.25, -0.2) is 0 Å². The van der Waals surface area contributed by atoms with Gasteiger partial charge in [-0.05, 0) is 37.8 Å². The number of halogens is 1. The summed E-state index contributed by atoms with van der Waals surface area (Å²) in [6, 6.07) is 8.10. The molecule has 1 saturated carbocycles. The molecule has 1 heterocycles. The molecule has 0 spiro atoms. The average molecular weight is 325 g/mol. The SMILES string of the molecule is Cl.NCC1CCCCC1NC(=O)C1CCOc2ccccc21. The summed E-state index contributed by atoms with van der Waals surface area (Å²) in [6.07, 6.45) is 5.35. The Kier molecular flexibility index (Phi) is 6.09. The van der Waals surface area contributed by atoms with Gasteiger partial charge in [0.25, 0.3) is 0 Å². The lowest BCUT2D eigenvalue weighted by Crippen LogP contribution is -2.46. The molecule has 1 aliphatic carbocycles. The highest BCUT2D eigenvalue weighted by Gasteiger charge is 2.31. The third-order valence-electron chi connectivity index (χ3n) is 4.81. The second kappa shape index (κ2) is 7.84. The molecule has 0 radical (unpaired) electrons. The fraction of sp³-hybridized carbons (Fsp3) is 0.588. The van der Waals surface area contributed by atoms with E-state index in [0.717, 1.165) is 30.6 Å². The number of ether oxygens (including phenoxy) is 1. The molecule has 122 valence electrons. The first-order valence-corrected chi connectivity index (χ1v) is 8.01. The molecule has 1 aliphatic heterocycles. The highest BCUT2D eigenvalue weighted by molar-refractivity contribution is 5.85. The third kappa shape index (κ3) is 3.55. The van der Waals surface area contributed by atoms with Crippen LogP contribution in [0.25, 0.3) is 0 Å². The van der Waals surface area contributed by atoms with E-state index < -0.39 is 0 Å². The minimum atomic E-state index is -0.0877. The topological polar surface area (TPSA) is 64.3 Å². The van der Waals surface area contributed by atoms with E-state index >= 15 is 0 Å². The van der Waals surface area contributed by atoms with Crippen molar-refractivity contribution in [3.05, 3.63) is 29.8 Å². The highest BCUT2D eigenvalue weighted by Crippen LogP contribution is 2.34. The maximum atomic E-state index is 12.7. The fourth-order valence-electron chi connectivity index (χ4n) is 3.58. The van der Waals surface area contributed by atoms with Crippen molar-refractivity contribution in [2.75, 3.05) is 13.2 Å². The van der Waals surface area contributed by atoms with Crippen molar-refractivity contribution in [3.8, 4) is 5.75 Å². The van der Waals surface area contributed by atoms with E-state index in [-0.39, 0.29) is 30.3 Å².